The lowest BCUT2D eigenvalue weighted by Gasteiger charge is -2.36. The van der Waals surface area contributed by atoms with Crippen LogP contribution in [0.2, 0.25) is 0 Å². The van der Waals surface area contributed by atoms with E-state index in [1.54, 1.807) is 6.07 Å². The van der Waals surface area contributed by atoms with Gasteiger partial charge < -0.3 is 4.90 Å². The van der Waals surface area contributed by atoms with Gasteiger partial charge in [-0.2, -0.15) is 0 Å². The maximum atomic E-state index is 11.2. The number of rotatable bonds is 3. The summed E-state index contributed by atoms with van der Waals surface area (Å²) in [6.07, 6.45) is 1.83. The molecule has 0 bridgehead atoms. The summed E-state index contributed by atoms with van der Waals surface area (Å²) in [4.78, 5) is 24.3. The normalized spacial score (nSPS) is 21.5. The number of nitro groups is 1. The van der Waals surface area contributed by atoms with E-state index in [1.165, 1.54) is 30.3 Å². The lowest BCUT2D eigenvalue weighted by Crippen LogP contribution is -2.40. The number of hydrogen-bond acceptors (Lipinski definition) is 5. The van der Waals surface area contributed by atoms with Crippen LogP contribution in [0, 0.1) is 22.0 Å². The van der Waals surface area contributed by atoms with E-state index in [0.29, 0.717) is 28.6 Å². The molecule has 1 heterocycles. The second kappa shape index (κ2) is 7.19. The van der Waals surface area contributed by atoms with Gasteiger partial charge in [-0.25, -0.2) is 0 Å². The molecule has 0 radical (unpaired) electrons. The Kier molecular flexibility index (Phi) is 5.52. The standard InChI is InChI=1S/C15H18N2O3S2/c1-10-5-11(2)8-16(7-10)15(21)22-14-4-3-13(17(19)20)6-12(14)9-18/h3-4,6,9-11H,5,7-8H2,1-2H3/t10-,11-/m1/s1. The highest BCUT2D eigenvalue weighted by Gasteiger charge is 2.24. The molecule has 0 aromatic heterocycles. The molecule has 2 rings (SSSR count). The van der Waals surface area contributed by atoms with Gasteiger partial charge in [-0.15, -0.1) is 0 Å². The minimum absolute atomic E-state index is 0.0856. The second-order valence-corrected chi connectivity index (χ2v) is 7.49. The van der Waals surface area contributed by atoms with Gasteiger partial charge in [0.2, 0.25) is 0 Å². The number of carbonyl (C=O) groups is 1. The summed E-state index contributed by atoms with van der Waals surface area (Å²) in [7, 11) is 0. The molecule has 1 fully saturated rings. The Labute approximate surface area is 139 Å². The highest BCUT2D eigenvalue weighted by Crippen LogP contribution is 2.30. The molecule has 1 aromatic carbocycles. The van der Waals surface area contributed by atoms with Crippen LogP contribution in [0.15, 0.2) is 23.1 Å². The number of thiocarbonyl (C=S) groups is 1. The van der Waals surface area contributed by atoms with Crippen molar-refractivity contribution in [1.29, 1.82) is 0 Å². The van der Waals surface area contributed by atoms with Crippen molar-refractivity contribution >= 4 is 40.3 Å². The Morgan fingerprint density at radius 3 is 2.59 bits per heavy atom. The smallest absolute Gasteiger partial charge is 0.270 e. The fourth-order valence-corrected chi connectivity index (χ4v) is 4.05. The Morgan fingerprint density at radius 1 is 1.41 bits per heavy atom. The molecule has 0 saturated carbocycles. The van der Waals surface area contributed by atoms with Gasteiger partial charge >= 0.3 is 0 Å². The Bertz CT molecular complexity index is 596. The molecule has 7 heteroatoms. The fourth-order valence-electron chi connectivity index (χ4n) is 2.81. The zero-order valence-corrected chi connectivity index (χ0v) is 14.2. The van der Waals surface area contributed by atoms with E-state index >= 15 is 0 Å². The van der Waals surface area contributed by atoms with Crippen molar-refractivity contribution in [2.24, 2.45) is 11.8 Å². The molecule has 0 unspecified atom stereocenters. The van der Waals surface area contributed by atoms with E-state index in [0.717, 1.165) is 17.4 Å². The van der Waals surface area contributed by atoms with Crippen LogP contribution in [0.4, 0.5) is 5.69 Å². The molecule has 1 aliphatic rings. The minimum atomic E-state index is -0.506. The maximum Gasteiger partial charge on any atom is 0.270 e. The first kappa shape index (κ1) is 16.9. The topological polar surface area (TPSA) is 63.4 Å². The van der Waals surface area contributed by atoms with Gasteiger partial charge in [0.15, 0.2) is 6.29 Å². The predicted molar refractivity (Wildman–Crippen MR) is 91.5 cm³/mol. The molecular weight excluding hydrogens is 320 g/mol. The number of aldehydes is 1. The van der Waals surface area contributed by atoms with Gasteiger partial charge in [-0.1, -0.05) is 37.8 Å². The maximum absolute atomic E-state index is 11.2. The zero-order valence-electron chi connectivity index (χ0n) is 12.5. The molecule has 1 aromatic rings. The number of piperidine rings is 1. The van der Waals surface area contributed by atoms with Crippen LogP contribution in [0.5, 0.6) is 0 Å². The molecule has 1 saturated heterocycles. The van der Waals surface area contributed by atoms with Crippen LogP contribution in [-0.2, 0) is 0 Å². The molecule has 22 heavy (non-hydrogen) atoms. The summed E-state index contributed by atoms with van der Waals surface area (Å²) in [6.45, 7) is 6.25. The monoisotopic (exact) mass is 338 g/mol. The van der Waals surface area contributed by atoms with Gasteiger partial charge in [0.1, 0.15) is 4.32 Å². The van der Waals surface area contributed by atoms with Crippen LogP contribution >= 0.6 is 24.0 Å². The van der Waals surface area contributed by atoms with E-state index in [2.05, 4.69) is 18.7 Å². The number of nitro benzene ring substituents is 1. The van der Waals surface area contributed by atoms with Gasteiger partial charge in [0.05, 0.1) is 4.92 Å². The van der Waals surface area contributed by atoms with E-state index in [9.17, 15) is 14.9 Å². The third kappa shape index (κ3) is 4.04. The summed E-state index contributed by atoms with van der Waals surface area (Å²) in [6, 6.07) is 4.29. The summed E-state index contributed by atoms with van der Waals surface area (Å²) in [5.74, 6) is 1.18. The SMILES string of the molecule is C[C@@H]1C[C@@H](C)CN(C(=S)Sc2ccc([N+](=O)[O-])cc2C=O)C1. The number of non-ortho nitro benzene ring substituents is 1. The zero-order chi connectivity index (χ0) is 16.3. The molecule has 0 amide bonds. The third-order valence-corrected chi connectivity index (χ3v) is 5.19. The Hall–Kier alpha value is -1.47. The van der Waals surface area contributed by atoms with E-state index < -0.39 is 4.92 Å². The number of carbonyl (C=O) groups excluding carboxylic acids is 1. The van der Waals surface area contributed by atoms with Gasteiger partial charge in [-0.3, -0.25) is 14.9 Å². The van der Waals surface area contributed by atoms with Crippen molar-refractivity contribution in [3.63, 3.8) is 0 Å². The van der Waals surface area contributed by atoms with Gasteiger partial charge in [0.25, 0.3) is 5.69 Å². The van der Waals surface area contributed by atoms with Crippen molar-refractivity contribution in [1.82, 2.24) is 4.90 Å². The largest absolute Gasteiger partial charge is 0.357 e. The number of nitrogens with zero attached hydrogens (tertiary/aromatic N) is 2. The average molecular weight is 338 g/mol. The first-order valence-electron chi connectivity index (χ1n) is 7.11. The lowest BCUT2D eigenvalue weighted by molar-refractivity contribution is -0.384. The van der Waals surface area contributed by atoms with Gasteiger partial charge in [-0.05, 0) is 24.3 Å². The van der Waals surface area contributed by atoms with Crippen molar-refractivity contribution in [2.75, 3.05) is 13.1 Å². The second-order valence-electron chi connectivity index (χ2n) is 5.82. The van der Waals surface area contributed by atoms with E-state index in [-0.39, 0.29) is 5.69 Å². The summed E-state index contributed by atoms with van der Waals surface area (Å²) in [5, 5.41) is 10.8. The predicted octanol–water partition coefficient (Wildman–Crippen LogP) is 3.76. The van der Waals surface area contributed by atoms with Crippen LogP contribution < -0.4 is 0 Å². The minimum Gasteiger partial charge on any atom is -0.357 e. The number of thioether (sulfide) groups is 1. The molecule has 5 nitrogen and oxygen atoms in total. The Morgan fingerprint density at radius 2 is 2.05 bits per heavy atom. The quantitative estimate of drug-likeness (QED) is 0.275. The summed E-state index contributed by atoms with van der Waals surface area (Å²) >= 11 is 6.82. The fraction of sp³-hybridized carbons (Fsp3) is 0.467. The molecule has 0 N–H and O–H groups in total. The number of hydrogen-bond donors (Lipinski definition) is 0. The first-order chi connectivity index (χ1) is 10.4. The average Bonchev–Trinajstić information content (AvgIpc) is 2.46. The number of likely N-dealkylation sites (tertiary alicyclic amines) is 1. The van der Waals surface area contributed by atoms with Crippen LogP contribution in [0.1, 0.15) is 30.6 Å². The van der Waals surface area contributed by atoms with Crippen molar-refractivity contribution < 1.29 is 9.72 Å². The van der Waals surface area contributed by atoms with E-state index in [1.807, 2.05) is 0 Å². The lowest BCUT2D eigenvalue weighted by atomic mass is 9.92. The highest BCUT2D eigenvalue weighted by molar-refractivity contribution is 8.23. The molecule has 0 aliphatic carbocycles. The molecule has 118 valence electrons. The van der Waals surface area contributed by atoms with Crippen molar-refractivity contribution in [3.05, 3.63) is 33.9 Å². The van der Waals surface area contributed by atoms with E-state index in [4.69, 9.17) is 12.2 Å². The Balaban J connectivity index is 2.14. The van der Waals surface area contributed by atoms with Crippen molar-refractivity contribution in [2.45, 2.75) is 25.2 Å². The van der Waals surface area contributed by atoms with Crippen molar-refractivity contribution in [3.8, 4) is 0 Å². The number of benzene rings is 1. The molecule has 0 spiro atoms. The third-order valence-electron chi connectivity index (χ3n) is 3.66. The first-order valence-corrected chi connectivity index (χ1v) is 8.33. The van der Waals surface area contributed by atoms with Crippen LogP contribution in [0.3, 0.4) is 0 Å². The molecular formula is C15H18N2O3S2. The molecule has 1 aliphatic heterocycles. The highest BCUT2D eigenvalue weighted by atomic mass is 32.2. The summed E-state index contributed by atoms with van der Waals surface area (Å²) in [5.41, 5.74) is 0.220. The van der Waals surface area contributed by atoms with Crippen LogP contribution in [0.25, 0.3) is 0 Å². The summed E-state index contributed by atoms with van der Waals surface area (Å²) < 4.78 is 0.718. The van der Waals surface area contributed by atoms with Crippen LogP contribution in [-0.4, -0.2) is 33.5 Å². The van der Waals surface area contributed by atoms with Gasteiger partial charge in [0, 0.05) is 35.7 Å². The molecule has 2 atom stereocenters.